The van der Waals surface area contributed by atoms with E-state index < -0.39 is 20.3 Å². The molecule has 0 saturated heterocycles. The van der Waals surface area contributed by atoms with Crippen LogP contribution in [0.15, 0.2) is 38.8 Å². The second kappa shape index (κ2) is 6.00. The van der Waals surface area contributed by atoms with Gasteiger partial charge in [-0.1, -0.05) is 4.52 Å². The van der Waals surface area contributed by atoms with E-state index in [1.807, 2.05) is 0 Å². The van der Waals surface area contributed by atoms with Crippen molar-refractivity contribution in [2.45, 2.75) is 4.90 Å². The minimum Gasteiger partial charge on any atom is -0.728 e. The van der Waals surface area contributed by atoms with Crippen LogP contribution in [0.5, 0.6) is 0 Å². The molecule has 0 fully saturated rings. The Labute approximate surface area is 120 Å². The summed E-state index contributed by atoms with van der Waals surface area (Å²) in [6.07, 6.45) is 0. The van der Waals surface area contributed by atoms with Gasteiger partial charge in [-0.3, -0.25) is 0 Å². The van der Waals surface area contributed by atoms with Gasteiger partial charge in [0.05, 0.1) is 10.6 Å². The van der Waals surface area contributed by atoms with Crippen LogP contribution >= 0.6 is 0 Å². The molecule has 8 nitrogen and oxygen atoms in total. The molecule has 0 aliphatic rings. The van der Waals surface area contributed by atoms with E-state index in [2.05, 4.69) is 9.63 Å². The van der Waals surface area contributed by atoms with Crippen LogP contribution in [0.3, 0.4) is 0 Å². The Morgan fingerprint density at radius 2 is 1.53 bits per heavy atom. The zero-order valence-electron chi connectivity index (χ0n) is 8.64. The third kappa shape index (κ3) is 6.21. The van der Waals surface area contributed by atoms with Crippen molar-refractivity contribution < 1.29 is 50.9 Å². The largest absolute Gasteiger partial charge is 1.00 e. The molecule has 1 rings (SSSR count). The van der Waals surface area contributed by atoms with E-state index in [0.29, 0.717) is 0 Å². The molecular formula is C6H6N3NaO5S2. The minimum atomic E-state index is -4.80. The summed E-state index contributed by atoms with van der Waals surface area (Å²) >= 11 is 0. The normalized spacial score (nSPS) is 12.4. The monoisotopic (exact) mass is 287 g/mol. The molecule has 2 N–H and O–H groups in total. The molecule has 17 heavy (non-hydrogen) atoms. The number of rotatable bonds is 3. The van der Waals surface area contributed by atoms with E-state index in [1.165, 1.54) is 0 Å². The zero-order chi connectivity index (χ0) is 12.4. The van der Waals surface area contributed by atoms with Crippen molar-refractivity contribution in [3.05, 3.63) is 24.3 Å². The van der Waals surface area contributed by atoms with Gasteiger partial charge < -0.3 is 4.55 Å². The standard InChI is InChI=1S/C6H7N3O5S2.Na/c7-15(10,11)6-3-1-5(2-4-6)8-9-16(12,13)14;/h1-4H,(H2,7,10,11)(H,12,13,14);/q;+1/p-1. The van der Waals surface area contributed by atoms with Gasteiger partial charge in [-0.15, -0.1) is 5.11 Å². The summed E-state index contributed by atoms with van der Waals surface area (Å²) in [5.74, 6) is 0. The van der Waals surface area contributed by atoms with Gasteiger partial charge in [-0.2, -0.15) is 0 Å². The van der Waals surface area contributed by atoms with Gasteiger partial charge in [0, 0.05) is 0 Å². The van der Waals surface area contributed by atoms with E-state index in [4.69, 9.17) is 5.14 Å². The summed E-state index contributed by atoms with van der Waals surface area (Å²) in [6.45, 7) is 0. The average Bonchev–Trinajstić information content (AvgIpc) is 2.13. The minimum absolute atomic E-state index is 0. The fourth-order valence-electron chi connectivity index (χ4n) is 0.800. The van der Waals surface area contributed by atoms with Gasteiger partial charge >= 0.3 is 29.6 Å². The quantitative estimate of drug-likeness (QED) is 0.355. The molecule has 0 aliphatic heterocycles. The van der Waals surface area contributed by atoms with Gasteiger partial charge in [-0.25, -0.2) is 22.0 Å². The Morgan fingerprint density at radius 1 is 1.06 bits per heavy atom. The van der Waals surface area contributed by atoms with Crippen LogP contribution in [0.2, 0.25) is 0 Å². The van der Waals surface area contributed by atoms with Crippen molar-refractivity contribution in [1.29, 1.82) is 0 Å². The smallest absolute Gasteiger partial charge is 0.728 e. The molecule has 0 aliphatic carbocycles. The number of hydrogen-bond acceptors (Lipinski definition) is 6. The average molecular weight is 287 g/mol. The molecule has 0 amide bonds. The van der Waals surface area contributed by atoms with Crippen molar-refractivity contribution >= 4 is 26.0 Å². The summed E-state index contributed by atoms with van der Waals surface area (Å²) in [5, 5.41) is 7.91. The first-order valence-corrected chi connectivity index (χ1v) is 6.61. The summed E-state index contributed by atoms with van der Waals surface area (Å²) in [5.41, 5.74) is 0.0202. The molecule has 0 radical (unpaired) electrons. The molecule has 0 atom stereocenters. The van der Waals surface area contributed by atoms with Crippen molar-refractivity contribution in [1.82, 2.24) is 0 Å². The molecule has 0 saturated carbocycles. The van der Waals surface area contributed by atoms with Crippen molar-refractivity contribution in [2.75, 3.05) is 0 Å². The number of sulfonamides is 1. The van der Waals surface area contributed by atoms with Crippen LogP contribution in [0, 0.1) is 0 Å². The number of primary sulfonamides is 1. The van der Waals surface area contributed by atoms with Crippen LogP contribution in [0.25, 0.3) is 0 Å². The van der Waals surface area contributed by atoms with Crippen molar-refractivity contribution in [2.24, 2.45) is 14.8 Å². The Balaban J connectivity index is 0.00000256. The van der Waals surface area contributed by atoms with Crippen molar-refractivity contribution in [3.8, 4) is 0 Å². The maximum Gasteiger partial charge on any atom is 1.00 e. The molecular weight excluding hydrogens is 281 g/mol. The number of nitrogens with two attached hydrogens (primary N) is 1. The van der Waals surface area contributed by atoms with Gasteiger partial charge in [-0.05, 0) is 24.3 Å². The Morgan fingerprint density at radius 3 is 1.88 bits per heavy atom. The van der Waals surface area contributed by atoms with E-state index in [9.17, 15) is 21.4 Å². The van der Waals surface area contributed by atoms with Crippen LogP contribution in [0.1, 0.15) is 0 Å². The van der Waals surface area contributed by atoms with Gasteiger partial charge in [0.2, 0.25) is 20.3 Å². The van der Waals surface area contributed by atoms with E-state index in [-0.39, 0.29) is 40.1 Å². The summed E-state index contributed by atoms with van der Waals surface area (Å²) in [6, 6.07) is 4.55. The second-order valence-electron chi connectivity index (χ2n) is 2.65. The van der Waals surface area contributed by atoms with E-state index >= 15 is 0 Å². The van der Waals surface area contributed by atoms with Crippen LogP contribution < -0.4 is 34.7 Å². The first-order valence-electron chi connectivity index (χ1n) is 3.70. The fraction of sp³-hybridized carbons (Fsp3) is 0. The summed E-state index contributed by atoms with van der Waals surface area (Å²) in [4.78, 5) is -0.156. The van der Waals surface area contributed by atoms with Gasteiger partial charge in [0.1, 0.15) is 0 Å². The van der Waals surface area contributed by atoms with Crippen LogP contribution in [-0.4, -0.2) is 21.4 Å². The first kappa shape index (κ1) is 16.6. The molecule has 1 aromatic rings. The van der Waals surface area contributed by atoms with E-state index in [1.54, 1.807) is 0 Å². The number of hydrogen-bond donors (Lipinski definition) is 1. The number of benzene rings is 1. The number of nitrogens with zero attached hydrogens (tertiary/aromatic N) is 2. The predicted octanol–water partition coefficient (Wildman–Crippen LogP) is -3.12. The predicted molar refractivity (Wildman–Crippen MR) is 52.0 cm³/mol. The van der Waals surface area contributed by atoms with Crippen LogP contribution in [0.4, 0.5) is 5.69 Å². The molecule has 88 valence electrons. The fourth-order valence-corrected chi connectivity index (χ4v) is 1.51. The topological polar surface area (TPSA) is 142 Å². The summed E-state index contributed by atoms with van der Waals surface area (Å²) in [7, 11) is -8.61. The molecule has 0 heterocycles. The molecule has 0 unspecified atom stereocenters. The summed E-state index contributed by atoms with van der Waals surface area (Å²) < 4.78 is 54.5. The maximum atomic E-state index is 10.8. The molecule has 1 aromatic carbocycles. The molecule has 0 aromatic heterocycles. The first-order chi connectivity index (χ1) is 7.18. The van der Waals surface area contributed by atoms with Crippen LogP contribution in [-0.2, 0) is 20.3 Å². The second-order valence-corrected chi connectivity index (χ2v) is 5.23. The van der Waals surface area contributed by atoms with Crippen molar-refractivity contribution in [3.63, 3.8) is 0 Å². The molecule has 0 bridgehead atoms. The third-order valence-corrected chi connectivity index (χ3v) is 2.63. The molecule has 11 heteroatoms. The molecule has 0 spiro atoms. The third-order valence-electron chi connectivity index (χ3n) is 1.42. The maximum absolute atomic E-state index is 10.8. The Hall–Kier alpha value is -0.360. The Bertz CT molecular complexity index is 608. The SMILES string of the molecule is NS(=O)(=O)c1ccc(N=NS(=O)(=O)[O-])cc1.[Na+]. The van der Waals surface area contributed by atoms with Gasteiger partial charge in [0.25, 0.3) is 0 Å². The zero-order valence-corrected chi connectivity index (χ0v) is 12.3. The van der Waals surface area contributed by atoms with Gasteiger partial charge in [0.15, 0.2) is 0 Å². The Kier molecular flexibility index (Phi) is 5.87. The van der Waals surface area contributed by atoms with E-state index in [0.717, 1.165) is 24.3 Å².